The van der Waals surface area contributed by atoms with Gasteiger partial charge in [0, 0.05) is 11.4 Å². The van der Waals surface area contributed by atoms with Crippen LogP contribution in [0.2, 0.25) is 0 Å². The van der Waals surface area contributed by atoms with Crippen molar-refractivity contribution in [1.29, 1.82) is 0 Å². The second-order valence-electron chi connectivity index (χ2n) is 7.52. The van der Waals surface area contributed by atoms with Gasteiger partial charge < -0.3 is 10.6 Å². The minimum Gasteiger partial charge on any atom is -0.338 e. The van der Waals surface area contributed by atoms with E-state index in [1.54, 1.807) is 19.1 Å². The summed E-state index contributed by atoms with van der Waals surface area (Å²) in [6, 6.07) is 22.4. The number of sulfonamides is 1. The molecule has 0 bridgehead atoms. The van der Waals surface area contributed by atoms with Crippen molar-refractivity contribution in [2.45, 2.75) is 18.2 Å². The molecule has 0 atom stereocenters. The van der Waals surface area contributed by atoms with Gasteiger partial charge in [-0.25, -0.2) is 22.9 Å². The molecule has 33 heavy (non-hydrogen) atoms. The number of primary sulfonamides is 1. The van der Waals surface area contributed by atoms with Crippen molar-refractivity contribution in [3.63, 3.8) is 0 Å². The van der Waals surface area contributed by atoms with E-state index in [0.717, 1.165) is 18.2 Å². The van der Waals surface area contributed by atoms with Gasteiger partial charge in [-0.2, -0.15) is 4.98 Å². The maximum absolute atomic E-state index is 14.3. The van der Waals surface area contributed by atoms with Gasteiger partial charge in [-0.3, -0.25) is 0 Å². The largest absolute Gasteiger partial charge is 0.338 e. The second kappa shape index (κ2) is 9.35. The number of aromatic nitrogens is 2. The lowest BCUT2D eigenvalue weighted by atomic mass is 10.0. The second-order valence-corrected chi connectivity index (χ2v) is 9.05. The maximum atomic E-state index is 14.3. The molecule has 0 fully saturated rings. The summed E-state index contributed by atoms with van der Waals surface area (Å²) in [7, 11) is -3.88. The minimum atomic E-state index is -3.88. The standard InChI is InChI=1S/C24H22FN5O2S/c1-16-7-10-20(14-22(16)33(26,31)32)29-24-27-15-21(25)23(30-24)28-19-11-8-18(9-12-19)13-17-5-3-2-4-6-17/h2-12,14-15H,13H2,1H3,(H2,26,31,32)(H2,27,28,29,30). The highest BCUT2D eigenvalue weighted by Crippen LogP contribution is 2.24. The normalized spacial score (nSPS) is 11.2. The molecule has 0 aliphatic rings. The Morgan fingerprint density at radius 2 is 1.58 bits per heavy atom. The number of anilines is 4. The van der Waals surface area contributed by atoms with Gasteiger partial charge in [0.15, 0.2) is 11.6 Å². The fourth-order valence-electron chi connectivity index (χ4n) is 3.30. The van der Waals surface area contributed by atoms with Gasteiger partial charge in [-0.1, -0.05) is 48.5 Å². The first-order chi connectivity index (χ1) is 15.8. The lowest BCUT2D eigenvalue weighted by Gasteiger charge is -2.11. The number of nitrogens with one attached hydrogen (secondary N) is 2. The third-order valence-corrected chi connectivity index (χ3v) is 6.02. The summed E-state index contributed by atoms with van der Waals surface area (Å²) in [5, 5.41) is 11.1. The van der Waals surface area contributed by atoms with Crippen molar-refractivity contribution in [3.05, 3.63) is 102 Å². The number of aryl methyl sites for hydroxylation is 1. The molecule has 0 saturated carbocycles. The number of hydrogen-bond acceptors (Lipinski definition) is 6. The van der Waals surface area contributed by atoms with Crippen molar-refractivity contribution in [2.24, 2.45) is 5.14 Å². The van der Waals surface area contributed by atoms with E-state index in [-0.39, 0.29) is 16.7 Å². The number of benzene rings is 3. The van der Waals surface area contributed by atoms with Crippen LogP contribution in [0.3, 0.4) is 0 Å². The number of nitrogens with zero attached hydrogens (tertiary/aromatic N) is 2. The van der Waals surface area contributed by atoms with Crippen LogP contribution in [0.4, 0.5) is 27.5 Å². The quantitative estimate of drug-likeness (QED) is 0.368. The molecule has 168 valence electrons. The minimum absolute atomic E-state index is 0.0106. The van der Waals surface area contributed by atoms with Crippen LogP contribution in [-0.2, 0) is 16.4 Å². The molecule has 1 aromatic heterocycles. The van der Waals surface area contributed by atoms with Gasteiger partial charge >= 0.3 is 0 Å². The van der Waals surface area contributed by atoms with Gasteiger partial charge in [-0.05, 0) is 54.3 Å². The summed E-state index contributed by atoms with van der Waals surface area (Å²) in [6.45, 7) is 1.64. The average Bonchev–Trinajstić information content (AvgIpc) is 2.78. The molecule has 0 aliphatic heterocycles. The molecule has 4 rings (SSSR count). The van der Waals surface area contributed by atoms with E-state index in [2.05, 4.69) is 32.7 Å². The molecule has 0 saturated heterocycles. The first-order valence-electron chi connectivity index (χ1n) is 10.1. The van der Waals surface area contributed by atoms with Crippen LogP contribution in [0.5, 0.6) is 0 Å². The van der Waals surface area contributed by atoms with E-state index in [1.165, 1.54) is 11.6 Å². The number of rotatable bonds is 7. The highest BCUT2D eigenvalue weighted by Gasteiger charge is 2.13. The van der Waals surface area contributed by atoms with Gasteiger partial charge in [0.2, 0.25) is 16.0 Å². The summed E-state index contributed by atoms with van der Waals surface area (Å²) in [6.07, 6.45) is 1.84. The van der Waals surface area contributed by atoms with Gasteiger partial charge in [0.05, 0.1) is 11.1 Å². The Morgan fingerprint density at radius 1 is 0.909 bits per heavy atom. The first kappa shape index (κ1) is 22.4. The summed E-state index contributed by atoms with van der Waals surface area (Å²) >= 11 is 0. The number of halogens is 1. The molecular formula is C24H22FN5O2S. The van der Waals surface area contributed by atoms with Crippen molar-refractivity contribution < 1.29 is 12.8 Å². The fourth-order valence-corrected chi connectivity index (χ4v) is 4.11. The molecule has 0 unspecified atom stereocenters. The van der Waals surface area contributed by atoms with Crippen LogP contribution < -0.4 is 15.8 Å². The number of nitrogens with two attached hydrogens (primary N) is 1. The summed E-state index contributed by atoms with van der Waals surface area (Å²) in [4.78, 5) is 8.10. The van der Waals surface area contributed by atoms with Gasteiger partial charge in [-0.15, -0.1) is 0 Å². The van der Waals surface area contributed by atoms with Gasteiger partial charge in [0.25, 0.3) is 0 Å². The lowest BCUT2D eigenvalue weighted by molar-refractivity contribution is 0.597. The van der Waals surface area contributed by atoms with E-state index >= 15 is 0 Å². The topological polar surface area (TPSA) is 110 Å². The van der Waals surface area contributed by atoms with E-state index in [0.29, 0.717) is 16.9 Å². The highest BCUT2D eigenvalue weighted by molar-refractivity contribution is 7.89. The summed E-state index contributed by atoms with van der Waals surface area (Å²) < 4.78 is 37.8. The zero-order valence-electron chi connectivity index (χ0n) is 17.8. The van der Waals surface area contributed by atoms with Gasteiger partial charge in [0.1, 0.15) is 0 Å². The summed E-state index contributed by atoms with van der Waals surface area (Å²) in [5.74, 6) is -0.533. The van der Waals surface area contributed by atoms with Crippen LogP contribution in [-0.4, -0.2) is 18.4 Å². The smallest absolute Gasteiger partial charge is 0.238 e. The first-order valence-corrected chi connectivity index (χ1v) is 11.7. The Morgan fingerprint density at radius 3 is 2.27 bits per heavy atom. The van der Waals surface area contributed by atoms with Crippen LogP contribution in [0.15, 0.2) is 83.9 Å². The molecule has 9 heteroatoms. The molecule has 4 N–H and O–H groups in total. The molecular weight excluding hydrogens is 441 g/mol. The molecule has 0 amide bonds. The van der Waals surface area contributed by atoms with E-state index in [4.69, 9.17) is 5.14 Å². The molecule has 7 nitrogen and oxygen atoms in total. The van der Waals surface area contributed by atoms with Crippen molar-refractivity contribution in [1.82, 2.24) is 9.97 Å². The average molecular weight is 464 g/mol. The van der Waals surface area contributed by atoms with Crippen LogP contribution in [0.25, 0.3) is 0 Å². The third kappa shape index (κ3) is 5.71. The Labute approximate surface area is 191 Å². The Kier molecular flexibility index (Phi) is 6.34. The van der Waals surface area contributed by atoms with Crippen LogP contribution in [0.1, 0.15) is 16.7 Å². The zero-order chi connectivity index (χ0) is 23.4. The van der Waals surface area contributed by atoms with Crippen molar-refractivity contribution in [3.8, 4) is 0 Å². The van der Waals surface area contributed by atoms with E-state index in [1.807, 2.05) is 42.5 Å². The van der Waals surface area contributed by atoms with Crippen molar-refractivity contribution in [2.75, 3.05) is 10.6 Å². The summed E-state index contributed by atoms with van der Waals surface area (Å²) in [5.41, 5.74) is 3.93. The fraction of sp³-hybridized carbons (Fsp3) is 0.0833. The predicted molar refractivity (Wildman–Crippen MR) is 127 cm³/mol. The third-order valence-electron chi connectivity index (χ3n) is 4.96. The molecule has 1 heterocycles. The molecule has 0 radical (unpaired) electrons. The van der Waals surface area contributed by atoms with Crippen LogP contribution in [0, 0.1) is 12.7 Å². The van der Waals surface area contributed by atoms with Crippen molar-refractivity contribution >= 4 is 33.2 Å². The number of hydrogen-bond donors (Lipinski definition) is 3. The molecule has 4 aromatic rings. The Bertz CT molecular complexity index is 1380. The molecule has 0 spiro atoms. The van der Waals surface area contributed by atoms with E-state index in [9.17, 15) is 12.8 Å². The Hall–Kier alpha value is -3.82. The zero-order valence-corrected chi connectivity index (χ0v) is 18.6. The monoisotopic (exact) mass is 463 g/mol. The lowest BCUT2D eigenvalue weighted by Crippen LogP contribution is -2.14. The SMILES string of the molecule is Cc1ccc(Nc2ncc(F)c(Nc3ccc(Cc4ccccc4)cc3)n2)cc1S(N)(=O)=O. The molecule has 3 aromatic carbocycles. The Balaban J connectivity index is 1.50. The van der Waals surface area contributed by atoms with E-state index < -0.39 is 15.8 Å². The predicted octanol–water partition coefficient (Wildman–Crippen LogP) is 4.65. The maximum Gasteiger partial charge on any atom is 0.238 e. The highest BCUT2D eigenvalue weighted by atomic mass is 32.2. The van der Waals surface area contributed by atoms with Crippen LogP contribution >= 0.6 is 0 Å². The molecule has 0 aliphatic carbocycles.